The number of likely N-dealkylation sites (tertiary alicyclic amines) is 1. The van der Waals surface area contributed by atoms with Crippen LogP contribution in [-0.4, -0.2) is 67.1 Å². The van der Waals surface area contributed by atoms with Crippen LogP contribution in [0.2, 0.25) is 0 Å². The molecule has 2 amide bonds. The number of ether oxygens (including phenoxy) is 2. The van der Waals surface area contributed by atoms with Crippen molar-refractivity contribution in [1.82, 2.24) is 15.5 Å². The van der Waals surface area contributed by atoms with Gasteiger partial charge in [-0.05, 0) is 51.1 Å². The zero-order valence-electron chi connectivity index (χ0n) is 19.4. The predicted molar refractivity (Wildman–Crippen MR) is 117 cm³/mol. The van der Waals surface area contributed by atoms with Crippen LogP contribution in [0.5, 0.6) is 5.75 Å². The second-order valence-electron chi connectivity index (χ2n) is 9.19. The first kappa shape index (κ1) is 24.3. The number of nitrogens with zero attached hydrogens (tertiary/aromatic N) is 1. The van der Waals surface area contributed by atoms with Crippen LogP contribution in [0.15, 0.2) is 16.7 Å². The second kappa shape index (κ2) is 11.0. The number of rotatable bonds is 9. The van der Waals surface area contributed by atoms with Crippen molar-refractivity contribution in [3.63, 3.8) is 0 Å². The van der Waals surface area contributed by atoms with Crippen molar-refractivity contribution in [2.75, 3.05) is 26.2 Å². The largest absolute Gasteiger partial charge is 0.466 e. The summed E-state index contributed by atoms with van der Waals surface area (Å²) in [6.45, 7) is 10.4. The third-order valence-corrected chi connectivity index (χ3v) is 6.46. The summed E-state index contributed by atoms with van der Waals surface area (Å²) in [6, 6.07) is -0.0140. The molecule has 0 aliphatic carbocycles. The summed E-state index contributed by atoms with van der Waals surface area (Å²) in [5.74, 6) is 0.693. The Kier molecular flexibility index (Phi) is 8.31. The van der Waals surface area contributed by atoms with Gasteiger partial charge in [0.25, 0.3) is 0 Å². The van der Waals surface area contributed by atoms with Gasteiger partial charge in [-0.3, -0.25) is 9.59 Å². The van der Waals surface area contributed by atoms with Crippen molar-refractivity contribution in [1.29, 1.82) is 0 Å². The second-order valence-corrected chi connectivity index (χ2v) is 9.19. The first-order valence-electron chi connectivity index (χ1n) is 11.4. The summed E-state index contributed by atoms with van der Waals surface area (Å²) >= 11 is 0. The van der Waals surface area contributed by atoms with Gasteiger partial charge in [0.2, 0.25) is 5.91 Å². The normalized spacial score (nSPS) is 23.3. The van der Waals surface area contributed by atoms with Crippen LogP contribution in [0.4, 0.5) is 4.79 Å². The number of hydrogen-bond donors (Lipinski definition) is 2. The van der Waals surface area contributed by atoms with Crippen LogP contribution in [0.1, 0.15) is 45.8 Å². The number of amides is 2. The molecule has 1 aromatic heterocycles. The molecule has 178 valence electrons. The average Bonchev–Trinajstić information content (AvgIpc) is 3.47. The van der Waals surface area contributed by atoms with Crippen molar-refractivity contribution in [3.05, 3.63) is 18.1 Å². The molecular formula is C23H35N3O6. The van der Waals surface area contributed by atoms with E-state index in [9.17, 15) is 14.4 Å². The van der Waals surface area contributed by atoms with Crippen LogP contribution in [0.25, 0.3) is 0 Å². The highest BCUT2D eigenvalue weighted by molar-refractivity contribution is 5.94. The minimum Gasteiger partial charge on any atom is -0.466 e. The SMILES string of the molecule is Cc1occc1OC(=O)N[C@@H](CC(C)C(C)C)C(=O)NC1C(=O)COC1CN1CCCC1. The lowest BCUT2D eigenvalue weighted by atomic mass is 9.90. The Hall–Kier alpha value is -2.39. The summed E-state index contributed by atoms with van der Waals surface area (Å²) in [5.41, 5.74) is 0. The molecule has 2 aliphatic heterocycles. The molecule has 2 saturated heterocycles. The third kappa shape index (κ3) is 6.32. The third-order valence-electron chi connectivity index (χ3n) is 6.46. The van der Waals surface area contributed by atoms with E-state index in [1.54, 1.807) is 6.92 Å². The van der Waals surface area contributed by atoms with E-state index in [2.05, 4.69) is 29.4 Å². The van der Waals surface area contributed by atoms with Gasteiger partial charge < -0.3 is 29.4 Å². The number of carbonyl (C=O) groups excluding carboxylic acids is 3. The molecular weight excluding hydrogens is 414 g/mol. The van der Waals surface area contributed by atoms with Gasteiger partial charge in [-0.15, -0.1) is 0 Å². The number of nitrogens with one attached hydrogen (secondary N) is 2. The number of Topliss-reactive ketones (excluding diaryl/α,β-unsaturated/α-hetero) is 1. The topological polar surface area (TPSA) is 110 Å². The van der Waals surface area contributed by atoms with Gasteiger partial charge in [0.15, 0.2) is 11.5 Å². The highest BCUT2D eigenvalue weighted by Crippen LogP contribution is 2.21. The Balaban J connectivity index is 1.65. The van der Waals surface area contributed by atoms with E-state index < -0.39 is 24.1 Å². The van der Waals surface area contributed by atoms with Crippen molar-refractivity contribution in [2.45, 2.75) is 65.1 Å². The molecule has 9 nitrogen and oxygen atoms in total. The maximum absolute atomic E-state index is 13.2. The Morgan fingerprint density at radius 2 is 1.97 bits per heavy atom. The van der Waals surface area contributed by atoms with Crippen LogP contribution in [-0.2, 0) is 14.3 Å². The van der Waals surface area contributed by atoms with Gasteiger partial charge in [0.05, 0.1) is 12.4 Å². The number of aryl methyl sites for hydroxylation is 1. The lowest BCUT2D eigenvalue weighted by Gasteiger charge is -2.27. The molecule has 3 unspecified atom stereocenters. The van der Waals surface area contributed by atoms with E-state index >= 15 is 0 Å². The zero-order valence-corrected chi connectivity index (χ0v) is 19.4. The summed E-state index contributed by atoms with van der Waals surface area (Å²) < 4.78 is 16.1. The Labute approximate surface area is 189 Å². The minimum atomic E-state index is -0.840. The van der Waals surface area contributed by atoms with Crippen LogP contribution in [0, 0.1) is 18.8 Å². The van der Waals surface area contributed by atoms with E-state index in [-0.39, 0.29) is 24.4 Å². The van der Waals surface area contributed by atoms with Crippen LogP contribution >= 0.6 is 0 Å². The van der Waals surface area contributed by atoms with Gasteiger partial charge in [-0.1, -0.05) is 20.8 Å². The molecule has 0 saturated carbocycles. The fourth-order valence-corrected chi connectivity index (χ4v) is 4.01. The standard InChI is InChI=1S/C23H35N3O6/c1-14(2)15(3)11-17(24-23(29)32-19-7-10-30-16(19)4)22(28)25-21-18(27)13-31-20(21)12-26-8-5-6-9-26/h7,10,14-15,17,20-21H,5-6,8-9,11-13H2,1-4H3,(H,24,29)(H,25,28)/t15?,17-,20?,21?/m0/s1. The summed E-state index contributed by atoms with van der Waals surface area (Å²) in [4.78, 5) is 40.3. The number of hydrogen-bond acceptors (Lipinski definition) is 7. The molecule has 32 heavy (non-hydrogen) atoms. The summed E-state index contributed by atoms with van der Waals surface area (Å²) in [7, 11) is 0. The Morgan fingerprint density at radius 3 is 2.59 bits per heavy atom. The smallest absolute Gasteiger partial charge is 0.413 e. The zero-order chi connectivity index (χ0) is 23.3. The Morgan fingerprint density at radius 1 is 1.25 bits per heavy atom. The summed E-state index contributed by atoms with van der Waals surface area (Å²) in [6.07, 6.45) is 2.99. The molecule has 2 fully saturated rings. The molecule has 0 radical (unpaired) electrons. The van der Waals surface area contributed by atoms with Crippen molar-refractivity contribution in [3.8, 4) is 5.75 Å². The fourth-order valence-electron chi connectivity index (χ4n) is 4.01. The number of ketones is 1. The molecule has 1 aromatic rings. The average molecular weight is 450 g/mol. The van der Waals surface area contributed by atoms with Gasteiger partial charge in [0.1, 0.15) is 24.5 Å². The van der Waals surface area contributed by atoms with Crippen molar-refractivity contribution in [2.24, 2.45) is 11.8 Å². The number of carbonyl (C=O) groups is 3. The van der Waals surface area contributed by atoms with E-state index in [1.165, 1.54) is 12.3 Å². The van der Waals surface area contributed by atoms with Gasteiger partial charge in [-0.2, -0.15) is 0 Å². The van der Waals surface area contributed by atoms with Gasteiger partial charge >= 0.3 is 6.09 Å². The molecule has 0 bridgehead atoms. The van der Waals surface area contributed by atoms with Gasteiger partial charge in [-0.25, -0.2) is 4.79 Å². The van der Waals surface area contributed by atoms with Gasteiger partial charge in [0, 0.05) is 12.6 Å². The van der Waals surface area contributed by atoms with Crippen molar-refractivity contribution >= 4 is 17.8 Å². The minimum absolute atomic E-state index is 0.00818. The summed E-state index contributed by atoms with van der Waals surface area (Å²) in [5, 5.41) is 5.51. The van der Waals surface area contributed by atoms with Crippen molar-refractivity contribution < 1.29 is 28.3 Å². The molecule has 0 spiro atoms. The van der Waals surface area contributed by atoms with E-state index in [0.717, 1.165) is 25.9 Å². The molecule has 3 rings (SSSR count). The molecule has 2 N–H and O–H groups in total. The predicted octanol–water partition coefficient (Wildman–Crippen LogP) is 2.28. The first-order valence-corrected chi connectivity index (χ1v) is 11.4. The molecule has 9 heteroatoms. The van der Waals surface area contributed by atoms with E-state index in [0.29, 0.717) is 30.4 Å². The highest BCUT2D eigenvalue weighted by atomic mass is 16.6. The van der Waals surface area contributed by atoms with Crippen LogP contribution in [0.3, 0.4) is 0 Å². The maximum Gasteiger partial charge on any atom is 0.413 e. The molecule has 0 aromatic carbocycles. The lowest BCUT2D eigenvalue weighted by molar-refractivity contribution is -0.128. The monoisotopic (exact) mass is 449 g/mol. The lowest BCUT2D eigenvalue weighted by Crippen LogP contribution is -2.55. The Bertz CT molecular complexity index is 801. The maximum atomic E-state index is 13.2. The molecule has 2 aliphatic rings. The number of furan rings is 1. The van der Waals surface area contributed by atoms with Crippen LogP contribution < -0.4 is 15.4 Å². The first-order chi connectivity index (χ1) is 15.2. The highest BCUT2D eigenvalue weighted by Gasteiger charge is 2.39. The molecule has 3 heterocycles. The van der Waals surface area contributed by atoms with E-state index in [4.69, 9.17) is 13.9 Å². The fraction of sp³-hybridized carbons (Fsp3) is 0.696. The van der Waals surface area contributed by atoms with E-state index in [1.807, 2.05) is 6.92 Å². The quantitative estimate of drug-likeness (QED) is 0.595. The molecule has 4 atom stereocenters.